The molecule has 2 nitrogen and oxygen atoms in total. The quantitative estimate of drug-likeness (QED) is 0.525. The summed E-state index contributed by atoms with van der Waals surface area (Å²) in [5, 5.41) is 2.50. The van der Waals surface area contributed by atoms with Crippen LogP contribution >= 0.6 is 11.8 Å². The first-order chi connectivity index (χ1) is 3.72. The molecule has 0 amide bonds. The number of rotatable bonds is 0. The van der Waals surface area contributed by atoms with Crippen molar-refractivity contribution in [2.45, 2.75) is 12.3 Å². The molecule has 0 aliphatic carbocycles. The summed E-state index contributed by atoms with van der Waals surface area (Å²) in [5.74, 6) is 0.877. The van der Waals surface area contributed by atoms with E-state index in [-0.39, 0.29) is 0 Å². The van der Waals surface area contributed by atoms with Gasteiger partial charge in [-0.2, -0.15) is 0 Å². The molecule has 8 heavy (non-hydrogen) atoms. The highest BCUT2D eigenvalue weighted by molar-refractivity contribution is 8.02. The lowest BCUT2D eigenvalue weighted by Crippen LogP contribution is -2.24. The zero-order valence-corrected chi connectivity index (χ0v) is 5.90. The van der Waals surface area contributed by atoms with Gasteiger partial charge in [0.1, 0.15) is 5.82 Å². The zero-order chi connectivity index (χ0) is 6.15. The third-order valence-corrected chi connectivity index (χ3v) is 2.43. The molecule has 0 aromatic carbocycles. The molecule has 1 aliphatic rings. The lowest BCUT2D eigenvalue weighted by molar-refractivity contribution is 0.417. The fourth-order valence-electron chi connectivity index (χ4n) is 0.553. The molecule has 1 heterocycles. The molecule has 0 saturated heterocycles. The summed E-state index contributed by atoms with van der Waals surface area (Å²) >= 11 is 1.75. The Balaban J connectivity index is 2.59. The fraction of sp³-hybridized carbons (Fsp3) is 0.600. The Kier molecular flexibility index (Phi) is 1.38. The molecule has 0 spiro atoms. The van der Waals surface area contributed by atoms with Crippen molar-refractivity contribution in [2.75, 3.05) is 7.05 Å². The Morgan fingerprint density at radius 2 is 2.50 bits per heavy atom. The standard InChI is InChI=1S/C5H10N2S/c1-4-7(2)5(6)3-8-4/h3-4H,6H2,1-2H3. The van der Waals surface area contributed by atoms with Crippen molar-refractivity contribution in [1.82, 2.24) is 4.90 Å². The smallest absolute Gasteiger partial charge is 0.106 e. The molecule has 0 aromatic rings. The van der Waals surface area contributed by atoms with Crippen molar-refractivity contribution in [2.24, 2.45) is 5.73 Å². The summed E-state index contributed by atoms with van der Waals surface area (Å²) in [4.78, 5) is 2.05. The van der Waals surface area contributed by atoms with Gasteiger partial charge in [-0.15, -0.1) is 11.8 Å². The predicted octanol–water partition coefficient (Wildman–Crippen LogP) is 0.769. The van der Waals surface area contributed by atoms with E-state index in [2.05, 4.69) is 6.92 Å². The van der Waals surface area contributed by atoms with Crippen molar-refractivity contribution in [3.63, 3.8) is 0 Å². The highest BCUT2D eigenvalue weighted by atomic mass is 32.2. The van der Waals surface area contributed by atoms with Crippen LogP contribution in [-0.2, 0) is 0 Å². The normalized spacial score (nSPS) is 28.5. The first-order valence-corrected chi connectivity index (χ1v) is 3.50. The molecule has 1 aliphatic heterocycles. The predicted molar refractivity (Wildman–Crippen MR) is 37.1 cm³/mol. The number of hydrogen-bond acceptors (Lipinski definition) is 3. The number of hydrogen-bond donors (Lipinski definition) is 1. The van der Waals surface area contributed by atoms with Gasteiger partial charge in [-0.3, -0.25) is 0 Å². The van der Waals surface area contributed by atoms with Crippen LogP contribution in [-0.4, -0.2) is 17.3 Å². The molecule has 0 radical (unpaired) electrons. The van der Waals surface area contributed by atoms with E-state index in [4.69, 9.17) is 5.73 Å². The Hall–Kier alpha value is -0.310. The second kappa shape index (κ2) is 1.90. The largest absolute Gasteiger partial charge is 0.385 e. The van der Waals surface area contributed by atoms with E-state index in [0.29, 0.717) is 5.37 Å². The van der Waals surface area contributed by atoms with Crippen molar-refractivity contribution in [3.8, 4) is 0 Å². The van der Waals surface area contributed by atoms with Gasteiger partial charge in [0.05, 0.1) is 5.37 Å². The summed E-state index contributed by atoms with van der Waals surface area (Å²) in [6.45, 7) is 2.13. The number of nitrogens with zero attached hydrogens (tertiary/aromatic N) is 1. The molecule has 0 fully saturated rings. The van der Waals surface area contributed by atoms with Gasteiger partial charge in [-0.05, 0) is 6.92 Å². The van der Waals surface area contributed by atoms with Crippen LogP contribution in [0.25, 0.3) is 0 Å². The van der Waals surface area contributed by atoms with E-state index < -0.39 is 0 Å². The van der Waals surface area contributed by atoms with Crippen molar-refractivity contribution >= 4 is 11.8 Å². The summed E-state index contributed by atoms with van der Waals surface area (Å²) in [5.41, 5.74) is 5.53. The molecular weight excluding hydrogens is 120 g/mol. The number of nitrogens with two attached hydrogens (primary N) is 1. The van der Waals surface area contributed by atoms with Gasteiger partial charge in [0.2, 0.25) is 0 Å². The van der Waals surface area contributed by atoms with Gasteiger partial charge in [-0.1, -0.05) is 0 Å². The maximum absolute atomic E-state index is 5.53. The molecule has 2 N–H and O–H groups in total. The summed E-state index contributed by atoms with van der Waals surface area (Å²) < 4.78 is 0. The van der Waals surface area contributed by atoms with Crippen molar-refractivity contribution in [1.29, 1.82) is 0 Å². The van der Waals surface area contributed by atoms with E-state index in [1.54, 1.807) is 11.8 Å². The second-order valence-electron chi connectivity index (χ2n) is 1.89. The fourth-order valence-corrected chi connectivity index (χ4v) is 1.36. The van der Waals surface area contributed by atoms with Crippen LogP contribution in [0.15, 0.2) is 11.2 Å². The molecule has 3 heteroatoms. The molecule has 1 atom stereocenters. The van der Waals surface area contributed by atoms with Gasteiger partial charge in [-0.25, -0.2) is 0 Å². The van der Waals surface area contributed by atoms with Gasteiger partial charge >= 0.3 is 0 Å². The maximum atomic E-state index is 5.53. The molecule has 0 saturated carbocycles. The number of thioether (sulfide) groups is 1. The van der Waals surface area contributed by atoms with Crippen LogP contribution < -0.4 is 5.73 Å². The average molecular weight is 130 g/mol. The summed E-state index contributed by atoms with van der Waals surface area (Å²) in [7, 11) is 2.00. The van der Waals surface area contributed by atoms with Gasteiger partial charge in [0.25, 0.3) is 0 Å². The van der Waals surface area contributed by atoms with E-state index in [0.717, 1.165) is 5.82 Å². The van der Waals surface area contributed by atoms with E-state index in [9.17, 15) is 0 Å². The summed E-state index contributed by atoms with van der Waals surface area (Å²) in [6, 6.07) is 0. The van der Waals surface area contributed by atoms with Crippen LogP contribution in [0.1, 0.15) is 6.92 Å². The highest BCUT2D eigenvalue weighted by Gasteiger charge is 2.15. The highest BCUT2D eigenvalue weighted by Crippen LogP contribution is 2.25. The van der Waals surface area contributed by atoms with Gasteiger partial charge in [0, 0.05) is 12.5 Å². The molecule has 0 bridgehead atoms. The monoisotopic (exact) mass is 130 g/mol. The molecule has 0 aromatic heterocycles. The molecule has 1 rings (SSSR count). The van der Waals surface area contributed by atoms with Crippen molar-refractivity contribution < 1.29 is 0 Å². The minimum absolute atomic E-state index is 0.523. The summed E-state index contributed by atoms with van der Waals surface area (Å²) in [6.07, 6.45) is 0. The molecule has 46 valence electrons. The minimum atomic E-state index is 0.523. The van der Waals surface area contributed by atoms with Crippen LogP contribution in [0, 0.1) is 0 Å². The van der Waals surface area contributed by atoms with Crippen LogP contribution in [0.5, 0.6) is 0 Å². The Bertz CT molecular complexity index is 122. The topological polar surface area (TPSA) is 29.3 Å². The Morgan fingerprint density at radius 3 is 2.62 bits per heavy atom. The average Bonchev–Trinajstić information content (AvgIpc) is 1.98. The maximum Gasteiger partial charge on any atom is 0.106 e. The zero-order valence-electron chi connectivity index (χ0n) is 5.09. The first kappa shape index (κ1) is 5.82. The third-order valence-electron chi connectivity index (χ3n) is 1.34. The van der Waals surface area contributed by atoms with Gasteiger partial charge < -0.3 is 10.6 Å². The second-order valence-corrected chi connectivity index (χ2v) is 3.08. The minimum Gasteiger partial charge on any atom is -0.385 e. The van der Waals surface area contributed by atoms with Gasteiger partial charge in [0.15, 0.2) is 0 Å². The third kappa shape index (κ3) is 0.777. The lowest BCUT2D eigenvalue weighted by atomic mass is 10.6. The Labute approximate surface area is 53.7 Å². The van der Waals surface area contributed by atoms with Crippen LogP contribution in [0.4, 0.5) is 0 Å². The lowest BCUT2D eigenvalue weighted by Gasteiger charge is -2.17. The Morgan fingerprint density at radius 1 is 1.88 bits per heavy atom. The molecular formula is C5H10N2S. The van der Waals surface area contributed by atoms with E-state index in [1.807, 2.05) is 17.4 Å². The van der Waals surface area contributed by atoms with E-state index >= 15 is 0 Å². The SMILES string of the molecule is CC1SC=C(N)N1C. The molecule has 1 unspecified atom stereocenters. The first-order valence-electron chi connectivity index (χ1n) is 2.56. The van der Waals surface area contributed by atoms with Crippen LogP contribution in [0.3, 0.4) is 0 Å². The van der Waals surface area contributed by atoms with E-state index in [1.165, 1.54) is 0 Å². The van der Waals surface area contributed by atoms with Crippen LogP contribution in [0.2, 0.25) is 0 Å². The van der Waals surface area contributed by atoms with Crippen molar-refractivity contribution in [3.05, 3.63) is 11.2 Å².